The molecule has 0 bridgehead atoms. The molecule has 0 aliphatic heterocycles. The van der Waals surface area contributed by atoms with Gasteiger partial charge in [0.05, 0.1) is 17.0 Å². The van der Waals surface area contributed by atoms with Crippen LogP contribution >= 0.6 is 11.3 Å². The van der Waals surface area contributed by atoms with Crippen molar-refractivity contribution >= 4 is 33.3 Å². The number of anilines is 2. The Morgan fingerprint density at radius 3 is 2.82 bits per heavy atom. The van der Waals surface area contributed by atoms with E-state index >= 15 is 0 Å². The minimum Gasteiger partial charge on any atom is -0.388 e. The van der Waals surface area contributed by atoms with E-state index in [0.717, 1.165) is 17.7 Å². The summed E-state index contributed by atoms with van der Waals surface area (Å²) in [5, 5.41) is 12.3. The van der Waals surface area contributed by atoms with E-state index < -0.39 is 0 Å². The number of nitriles is 1. The fourth-order valence-corrected chi connectivity index (χ4v) is 3.21. The molecule has 1 N–H and O–H groups in total. The van der Waals surface area contributed by atoms with Gasteiger partial charge >= 0.3 is 11.6 Å². The first-order chi connectivity index (χ1) is 10.7. The van der Waals surface area contributed by atoms with Crippen LogP contribution in [0.25, 0.3) is 10.2 Å². The fourth-order valence-electron chi connectivity index (χ4n) is 2.09. The summed E-state index contributed by atoms with van der Waals surface area (Å²) in [5.41, 5.74) is 0.886. The molecule has 0 spiro atoms. The molecule has 3 rings (SSSR count). The molecule has 3 aromatic rings. The van der Waals surface area contributed by atoms with Crippen molar-refractivity contribution in [2.75, 3.05) is 5.32 Å². The SMILES string of the molecule is CCCc1cc2c(=O)oc(Nc3ccc(C#N)cc3)nc2s1. The summed E-state index contributed by atoms with van der Waals surface area (Å²) >= 11 is 1.51. The predicted octanol–water partition coefficient (Wildman–Crippen LogP) is 3.82. The Bertz CT molecular complexity index is 904. The van der Waals surface area contributed by atoms with Crippen LogP contribution in [0.2, 0.25) is 0 Å². The second-order valence-electron chi connectivity index (χ2n) is 4.80. The van der Waals surface area contributed by atoms with Crippen LogP contribution in [0.15, 0.2) is 39.5 Å². The maximum Gasteiger partial charge on any atom is 0.349 e. The molecule has 1 aromatic carbocycles. The van der Waals surface area contributed by atoms with Gasteiger partial charge in [-0.2, -0.15) is 10.2 Å². The van der Waals surface area contributed by atoms with Gasteiger partial charge in [0.25, 0.3) is 0 Å². The quantitative estimate of drug-likeness (QED) is 0.792. The highest BCUT2D eigenvalue weighted by atomic mass is 32.1. The molecule has 5 nitrogen and oxygen atoms in total. The van der Waals surface area contributed by atoms with Crippen LogP contribution < -0.4 is 10.9 Å². The van der Waals surface area contributed by atoms with E-state index in [1.165, 1.54) is 11.3 Å². The van der Waals surface area contributed by atoms with Gasteiger partial charge in [0.2, 0.25) is 0 Å². The molecule has 0 aliphatic rings. The molecule has 0 amide bonds. The molecule has 0 aliphatic carbocycles. The molecule has 0 radical (unpaired) electrons. The van der Waals surface area contributed by atoms with Gasteiger partial charge in [0.1, 0.15) is 4.83 Å². The second kappa shape index (κ2) is 6.00. The van der Waals surface area contributed by atoms with Crippen molar-refractivity contribution in [1.82, 2.24) is 4.98 Å². The number of aryl methyl sites for hydroxylation is 1. The number of nitrogens with one attached hydrogen (secondary N) is 1. The van der Waals surface area contributed by atoms with Gasteiger partial charge in [-0.15, -0.1) is 11.3 Å². The van der Waals surface area contributed by atoms with Gasteiger partial charge in [0.15, 0.2) is 0 Å². The third-order valence-corrected chi connectivity index (χ3v) is 4.23. The van der Waals surface area contributed by atoms with Crippen LogP contribution in [0.4, 0.5) is 11.7 Å². The summed E-state index contributed by atoms with van der Waals surface area (Å²) in [6, 6.07) is 10.9. The second-order valence-corrected chi connectivity index (χ2v) is 5.92. The normalized spacial score (nSPS) is 10.5. The van der Waals surface area contributed by atoms with Crippen molar-refractivity contribution in [3.63, 3.8) is 0 Å². The Labute approximate surface area is 130 Å². The standard InChI is InChI=1S/C16H13N3O2S/c1-2-3-12-8-13-14(22-12)19-16(21-15(13)20)18-11-6-4-10(9-17)5-7-11/h4-8H,2-3H2,1H3,(H,18,19). The summed E-state index contributed by atoms with van der Waals surface area (Å²) in [4.78, 5) is 18.2. The van der Waals surface area contributed by atoms with Gasteiger partial charge in [-0.05, 0) is 36.8 Å². The van der Waals surface area contributed by atoms with Gasteiger partial charge in [-0.25, -0.2) is 4.79 Å². The first kappa shape index (κ1) is 14.3. The topological polar surface area (TPSA) is 78.9 Å². The highest BCUT2D eigenvalue weighted by Gasteiger charge is 2.10. The molecule has 2 heterocycles. The maximum atomic E-state index is 12.0. The third-order valence-electron chi connectivity index (χ3n) is 3.14. The minimum absolute atomic E-state index is 0.159. The van der Waals surface area contributed by atoms with E-state index in [-0.39, 0.29) is 11.6 Å². The molecule has 110 valence electrons. The lowest BCUT2D eigenvalue weighted by Gasteiger charge is -2.03. The Morgan fingerprint density at radius 1 is 1.36 bits per heavy atom. The summed E-state index contributed by atoms with van der Waals surface area (Å²) in [5.74, 6) is 0. The van der Waals surface area contributed by atoms with Crippen molar-refractivity contribution in [1.29, 1.82) is 5.26 Å². The van der Waals surface area contributed by atoms with E-state index in [1.807, 2.05) is 6.07 Å². The van der Waals surface area contributed by atoms with Crippen LogP contribution in [0.3, 0.4) is 0 Å². The molecule has 0 saturated heterocycles. The zero-order chi connectivity index (χ0) is 15.5. The first-order valence-electron chi connectivity index (χ1n) is 6.90. The molecule has 0 saturated carbocycles. The zero-order valence-electron chi connectivity index (χ0n) is 11.9. The number of aromatic nitrogens is 1. The fraction of sp³-hybridized carbons (Fsp3) is 0.188. The number of hydrogen-bond donors (Lipinski definition) is 1. The van der Waals surface area contributed by atoms with Gasteiger partial charge in [-0.3, -0.25) is 0 Å². The summed E-state index contributed by atoms with van der Waals surface area (Å²) in [7, 11) is 0. The highest BCUT2D eigenvalue weighted by Crippen LogP contribution is 2.24. The average molecular weight is 311 g/mol. The Morgan fingerprint density at radius 2 is 2.14 bits per heavy atom. The van der Waals surface area contributed by atoms with Crippen LogP contribution in [0, 0.1) is 11.3 Å². The lowest BCUT2D eigenvalue weighted by Crippen LogP contribution is -2.03. The van der Waals surface area contributed by atoms with Gasteiger partial charge in [-0.1, -0.05) is 13.3 Å². The monoisotopic (exact) mass is 311 g/mol. The first-order valence-corrected chi connectivity index (χ1v) is 7.72. The Kier molecular flexibility index (Phi) is 3.90. The van der Waals surface area contributed by atoms with Crippen LogP contribution in [-0.4, -0.2) is 4.98 Å². The van der Waals surface area contributed by atoms with Crippen molar-refractivity contribution in [2.45, 2.75) is 19.8 Å². The zero-order valence-corrected chi connectivity index (χ0v) is 12.7. The van der Waals surface area contributed by atoms with Gasteiger partial charge in [0, 0.05) is 10.6 Å². The van der Waals surface area contributed by atoms with Crippen molar-refractivity contribution < 1.29 is 4.42 Å². The lowest BCUT2D eigenvalue weighted by atomic mass is 10.2. The molecule has 2 aromatic heterocycles. The molecule has 0 unspecified atom stereocenters. The van der Waals surface area contributed by atoms with Gasteiger partial charge < -0.3 is 9.73 Å². The smallest absolute Gasteiger partial charge is 0.349 e. The predicted molar refractivity (Wildman–Crippen MR) is 86.6 cm³/mol. The van der Waals surface area contributed by atoms with Crippen molar-refractivity contribution in [3.05, 3.63) is 51.2 Å². The molecule has 22 heavy (non-hydrogen) atoms. The number of nitrogens with zero attached hydrogens (tertiary/aromatic N) is 2. The highest BCUT2D eigenvalue weighted by molar-refractivity contribution is 7.18. The Hall–Kier alpha value is -2.65. The number of rotatable bonds is 4. The number of fused-ring (bicyclic) bond motifs is 1. The number of benzene rings is 1. The van der Waals surface area contributed by atoms with Crippen LogP contribution in [0.1, 0.15) is 23.8 Å². The molecular formula is C16H13N3O2S. The van der Waals surface area contributed by atoms with E-state index in [4.69, 9.17) is 9.68 Å². The Balaban J connectivity index is 1.93. The summed E-state index contributed by atoms with van der Waals surface area (Å²) in [6.07, 6.45) is 1.95. The van der Waals surface area contributed by atoms with Crippen LogP contribution in [0.5, 0.6) is 0 Å². The molecule has 0 atom stereocenters. The maximum absolute atomic E-state index is 12.0. The van der Waals surface area contributed by atoms with E-state index in [1.54, 1.807) is 24.3 Å². The molecule has 6 heteroatoms. The summed E-state index contributed by atoms with van der Waals surface area (Å²) in [6.45, 7) is 2.10. The van der Waals surface area contributed by atoms with E-state index in [0.29, 0.717) is 21.5 Å². The van der Waals surface area contributed by atoms with Crippen molar-refractivity contribution in [3.8, 4) is 6.07 Å². The lowest BCUT2D eigenvalue weighted by molar-refractivity contribution is 0.522. The van der Waals surface area contributed by atoms with E-state index in [2.05, 4.69) is 23.3 Å². The van der Waals surface area contributed by atoms with Crippen LogP contribution in [-0.2, 0) is 6.42 Å². The van der Waals surface area contributed by atoms with E-state index in [9.17, 15) is 4.79 Å². The minimum atomic E-state index is -0.389. The molecular weight excluding hydrogens is 298 g/mol. The largest absolute Gasteiger partial charge is 0.388 e. The molecule has 0 fully saturated rings. The third kappa shape index (κ3) is 2.85. The van der Waals surface area contributed by atoms with Crippen molar-refractivity contribution in [2.24, 2.45) is 0 Å². The summed E-state index contributed by atoms with van der Waals surface area (Å²) < 4.78 is 5.21. The number of thiophene rings is 1. The average Bonchev–Trinajstić information content (AvgIpc) is 2.92. The number of hydrogen-bond acceptors (Lipinski definition) is 6.